The summed E-state index contributed by atoms with van der Waals surface area (Å²) in [7, 11) is 0. The lowest BCUT2D eigenvalue weighted by Gasteiger charge is -2.18. The van der Waals surface area contributed by atoms with Crippen molar-refractivity contribution in [2.75, 3.05) is 18.0 Å². The van der Waals surface area contributed by atoms with Crippen LogP contribution in [-0.2, 0) is 6.61 Å². The summed E-state index contributed by atoms with van der Waals surface area (Å²) in [6.45, 7) is 2.29. The Labute approximate surface area is 196 Å². The van der Waals surface area contributed by atoms with E-state index in [0.717, 1.165) is 29.9 Å². The molecule has 0 atom stereocenters. The smallest absolute Gasteiger partial charge is 0.347 e. The molecule has 0 aliphatic carbocycles. The van der Waals surface area contributed by atoms with E-state index in [4.69, 9.17) is 21.1 Å². The molecule has 4 aromatic rings. The first-order valence-electron chi connectivity index (χ1n) is 10.9. The van der Waals surface area contributed by atoms with Crippen molar-refractivity contribution in [2.24, 2.45) is 0 Å². The summed E-state index contributed by atoms with van der Waals surface area (Å²) >= 11 is 6.42. The molecule has 5 rings (SSSR count). The van der Waals surface area contributed by atoms with Gasteiger partial charge >= 0.3 is 5.97 Å². The van der Waals surface area contributed by atoms with Gasteiger partial charge in [0.1, 0.15) is 12.2 Å². The van der Waals surface area contributed by atoms with Crippen molar-refractivity contribution in [2.45, 2.75) is 19.4 Å². The van der Waals surface area contributed by atoms with Crippen molar-refractivity contribution < 1.29 is 14.3 Å². The molecule has 6 nitrogen and oxygen atoms in total. The van der Waals surface area contributed by atoms with Crippen LogP contribution in [0.2, 0.25) is 5.02 Å². The fourth-order valence-corrected chi connectivity index (χ4v) is 4.18. The number of anilines is 1. The van der Waals surface area contributed by atoms with E-state index in [9.17, 15) is 4.79 Å². The van der Waals surface area contributed by atoms with Gasteiger partial charge in [0.25, 0.3) is 0 Å². The zero-order chi connectivity index (χ0) is 22.6. The fraction of sp³-hybridized carbons (Fsp3) is 0.192. The Balaban J connectivity index is 1.41. The Hall–Kier alpha value is -3.64. The zero-order valence-corrected chi connectivity index (χ0v) is 18.7. The zero-order valence-electron chi connectivity index (χ0n) is 17.9. The van der Waals surface area contributed by atoms with Gasteiger partial charge in [-0.25, -0.2) is 4.79 Å². The first-order valence-corrected chi connectivity index (χ1v) is 11.2. The maximum atomic E-state index is 13.2. The molecule has 1 aliphatic heterocycles. The molecule has 0 unspecified atom stereocenters. The topological polar surface area (TPSA) is 64.6 Å². The molecule has 2 aromatic carbocycles. The highest BCUT2D eigenvalue weighted by molar-refractivity contribution is 6.35. The van der Waals surface area contributed by atoms with Crippen molar-refractivity contribution >= 4 is 34.2 Å². The van der Waals surface area contributed by atoms with Crippen LogP contribution >= 0.6 is 11.6 Å². The van der Waals surface area contributed by atoms with Crippen LogP contribution in [0.4, 0.5) is 5.69 Å². The van der Waals surface area contributed by atoms with Crippen LogP contribution < -0.4 is 14.4 Å². The van der Waals surface area contributed by atoms with Crippen molar-refractivity contribution in [3.05, 3.63) is 89.3 Å². The van der Waals surface area contributed by atoms with Crippen molar-refractivity contribution in [1.82, 2.24) is 9.97 Å². The van der Waals surface area contributed by atoms with E-state index in [2.05, 4.69) is 14.9 Å². The lowest BCUT2D eigenvalue weighted by molar-refractivity contribution is 0.0729. The molecule has 33 heavy (non-hydrogen) atoms. The van der Waals surface area contributed by atoms with Gasteiger partial charge in [-0.1, -0.05) is 35.9 Å². The molecule has 1 saturated heterocycles. The number of nitrogens with zero attached hydrogens (tertiary/aromatic N) is 3. The van der Waals surface area contributed by atoms with Gasteiger partial charge in [0.05, 0.1) is 28.1 Å². The lowest BCUT2D eigenvalue weighted by atomic mass is 10.1. The molecular formula is C26H22ClN3O3. The molecule has 0 saturated carbocycles. The van der Waals surface area contributed by atoms with Crippen LogP contribution in [0.1, 0.15) is 28.9 Å². The van der Waals surface area contributed by atoms with E-state index in [1.165, 1.54) is 12.8 Å². The number of esters is 1. The summed E-state index contributed by atoms with van der Waals surface area (Å²) in [4.78, 5) is 24.3. The first-order chi connectivity index (χ1) is 16.2. The van der Waals surface area contributed by atoms with Crippen LogP contribution in [0, 0.1) is 0 Å². The number of aromatic nitrogens is 2. The quantitative estimate of drug-likeness (QED) is 0.273. The van der Waals surface area contributed by atoms with Crippen molar-refractivity contribution in [3.63, 3.8) is 0 Å². The summed E-state index contributed by atoms with van der Waals surface area (Å²) in [5.41, 5.74) is 2.58. The lowest BCUT2D eigenvalue weighted by Crippen LogP contribution is -2.18. The second-order valence-corrected chi connectivity index (χ2v) is 8.23. The molecule has 1 aliphatic rings. The third-order valence-corrected chi connectivity index (χ3v) is 5.93. The van der Waals surface area contributed by atoms with Gasteiger partial charge in [-0.2, -0.15) is 0 Å². The van der Waals surface area contributed by atoms with Gasteiger partial charge in [-0.3, -0.25) is 9.97 Å². The van der Waals surface area contributed by atoms with E-state index in [1.54, 1.807) is 36.7 Å². The third kappa shape index (κ3) is 4.61. The molecule has 0 bridgehead atoms. The third-order valence-electron chi connectivity index (χ3n) is 5.62. The number of ether oxygens (including phenoxy) is 2. The molecule has 0 N–H and O–H groups in total. The van der Waals surface area contributed by atoms with Crippen molar-refractivity contribution in [3.8, 4) is 11.5 Å². The molecule has 166 valence electrons. The molecule has 7 heteroatoms. The SMILES string of the molecule is O=C(Oc1ccccc1OCc1ccccn1)c1c(Cl)ccc2cc(N3CCCC3)cnc12. The minimum absolute atomic E-state index is 0.238. The van der Waals surface area contributed by atoms with Crippen LogP contribution in [0.5, 0.6) is 11.5 Å². The van der Waals surface area contributed by atoms with Gasteiger partial charge in [-0.05, 0) is 49.2 Å². The second-order valence-electron chi connectivity index (χ2n) is 7.83. The van der Waals surface area contributed by atoms with Crippen LogP contribution in [0.15, 0.2) is 73.1 Å². The Morgan fingerprint density at radius 2 is 1.76 bits per heavy atom. The Morgan fingerprint density at radius 3 is 2.55 bits per heavy atom. The summed E-state index contributed by atoms with van der Waals surface area (Å²) in [6.07, 6.45) is 5.86. The molecule has 0 amide bonds. The maximum absolute atomic E-state index is 13.2. The van der Waals surface area contributed by atoms with Crippen LogP contribution in [-0.4, -0.2) is 29.0 Å². The van der Waals surface area contributed by atoms with Crippen molar-refractivity contribution in [1.29, 1.82) is 0 Å². The number of benzene rings is 2. The molecule has 3 heterocycles. The van der Waals surface area contributed by atoms with Crippen LogP contribution in [0.25, 0.3) is 10.9 Å². The van der Waals surface area contributed by atoms with Gasteiger partial charge in [-0.15, -0.1) is 0 Å². The van der Waals surface area contributed by atoms with E-state index in [0.29, 0.717) is 22.0 Å². The van der Waals surface area contributed by atoms with E-state index in [1.807, 2.05) is 36.4 Å². The normalized spacial score (nSPS) is 13.3. The highest BCUT2D eigenvalue weighted by atomic mass is 35.5. The standard InChI is InChI=1S/C26H22ClN3O3/c27-21-11-10-18-15-20(30-13-5-6-14-30)16-29-25(18)24(21)26(31)33-23-9-2-1-8-22(23)32-17-19-7-3-4-12-28-19/h1-4,7-12,15-16H,5-6,13-14,17H2. The fourth-order valence-electron chi connectivity index (χ4n) is 3.95. The van der Waals surface area contributed by atoms with E-state index in [-0.39, 0.29) is 12.2 Å². The van der Waals surface area contributed by atoms with Gasteiger partial charge in [0, 0.05) is 24.7 Å². The van der Waals surface area contributed by atoms with E-state index < -0.39 is 5.97 Å². The van der Waals surface area contributed by atoms with Gasteiger partial charge < -0.3 is 14.4 Å². The highest BCUT2D eigenvalue weighted by Gasteiger charge is 2.21. The summed E-state index contributed by atoms with van der Waals surface area (Å²) in [6, 6.07) is 18.3. The van der Waals surface area contributed by atoms with Gasteiger partial charge in [0.15, 0.2) is 11.5 Å². The molecule has 0 radical (unpaired) electrons. The number of hydrogen-bond acceptors (Lipinski definition) is 6. The number of halogens is 1. The number of para-hydroxylation sites is 2. The minimum atomic E-state index is -0.582. The molecule has 0 spiro atoms. The molecule has 1 fully saturated rings. The highest BCUT2D eigenvalue weighted by Crippen LogP contribution is 2.32. The minimum Gasteiger partial charge on any atom is -0.483 e. The van der Waals surface area contributed by atoms with Gasteiger partial charge in [0.2, 0.25) is 0 Å². The summed E-state index contributed by atoms with van der Waals surface area (Å²) < 4.78 is 11.6. The molecule has 2 aromatic heterocycles. The largest absolute Gasteiger partial charge is 0.483 e. The second kappa shape index (κ2) is 9.46. The number of carbonyl (C=O) groups is 1. The van der Waals surface area contributed by atoms with E-state index >= 15 is 0 Å². The Bertz CT molecular complexity index is 1290. The predicted molar refractivity (Wildman–Crippen MR) is 128 cm³/mol. The Kier molecular flexibility index (Phi) is 6.09. The van der Waals surface area contributed by atoms with Crippen LogP contribution in [0.3, 0.4) is 0 Å². The number of pyridine rings is 2. The first kappa shape index (κ1) is 21.2. The monoisotopic (exact) mass is 459 g/mol. The summed E-state index contributed by atoms with van der Waals surface area (Å²) in [5, 5.41) is 1.14. The molecular weight excluding hydrogens is 438 g/mol. The average Bonchev–Trinajstić information content (AvgIpc) is 3.39. The summed E-state index contributed by atoms with van der Waals surface area (Å²) in [5.74, 6) is 0.165. The Morgan fingerprint density at radius 1 is 0.970 bits per heavy atom. The average molecular weight is 460 g/mol. The predicted octanol–water partition coefficient (Wildman–Crippen LogP) is 5.68. The number of fused-ring (bicyclic) bond motifs is 1. The number of carbonyl (C=O) groups excluding carboxylic acids is 1. The number of rotatable bonds is 6. The maximum Gasteiger partial charge on any atom is 0.347 e. The number of hydrogen-bond donors (Lipinski definition) is 0.